The second-order valence-electron chi connectivity index (χ2n) is 4.53. The number of hydrogen-bond donors (Lipinski definition) is 1. The zero-order valence-electron chi connectivity index (χ0n) is 8.00. The van der Waals surface area contributed by atoms with Crippen molar-refractivity contribution in [1.82, 2.24) is 4.90 Å². The first-order valence-corrected chi connectivity index (χ1v) is 5.23. The van der Waals surface area contributed by atoms with E-state index in [2.05, 4.69) is 11.9 Å². The number of nitrogens with two attached hydrogens (primary N) is 1. The molecule has 0 spiro atoms. The number of hydrogen-bond acceptors (Lipinski definition) is 2. The molecule has 0 amide bonds. The number of nitrogens with zero attached hydrogens (tertiary/aromatic N) is 1. The molecular weight excluding hydrogens is 148 g/mol. The van der Waals surface area contributed by atoms with E-state index in [1.165, 1.54) is 38.6 Å². The lowest BCUT2D eigenvalue weighted by Crippen LogP contribution is -2.35. The van der Waals surface area contributed by atoms with Gasteiger partial charge in [-0.05, 0) is 38.6 Å². The lowest BCUT2D eigenvalue weighted by Gasteiger charge is -2.23. The summed E-state index contributed by atoms with van der Waals surface area (Å²) in [5, 5.41) is 0. The van der Waals surface area contributed by atoms with Crippen LogP contribution in [0.1, 0.15) is 32.1 Å². The molecule has 2 saturated carbocycles. The Balaban J connectivity index is 1.76. The molecule has 2 unspecified atom stereocenters. The summed E-state index contributed by atoms with van der Waals surface area (Å²) < 4.78 is 0. The van der Waals surface area contributed by atoms with Crippen molar-refractivity contribution in [2.24, 2.45) is 11.7 Å². The van der Waals surface area contributed by atoms with E-state index < -0.39 is 0 Å². The minimum Gasteiger partial charge on any atom is -0.327 e. The Morgan fingerprint density at radius 3 is 2.50 bits per heavy atom. The van der Waals surface area contributed by atoms with E-state index in [-0.39, 0.29) is 0 Å². The first-order valence-electron chi connectivity index (χ1n) is 5.23. The molecule has 2 N–H and O–H groups in total. The van der Waals surface area contributed by atoms with Gasteiger partial charge in [0.25, 0.3) is 0 Å². The lowest BCUT2D eigenvalue weighted by atomic mass is 10.0. The van der Waals surface area contributed by atoms with E-state index in [1.54, 1.807) is 0 Å². The van der Waals surface area contributed by atoms with E-state index in [1.807, 2.05) is 0 Å². The van der Waals surface area contributed by atoms with Crippen molar-refractivity contribution in [2.75, 3.05) is 13.6 Å². The third-order valence-corrected chi connectivity index (χ3v) is 3.41. The quantitative estimate of drug-likeness (QED) is 0.686. The van der Waals surface area contributed by atoms with Crippen molar-refractivity contribution < 1.29 is 0 Å². The van der Waals surface area contributed by atoms with Crippen LogP contribution in [-0.4, -0.2) is 30.6 Å². The molecule has 12 heavy (non-hydrogen) atoms. The van der Waals surface area contributed by atoms with E-state index in [9.17, 15) is 0 Å². The molecule has 0 aromatic rings. The van der Waals surface area contributed by atoms with E-state index in [0.717, 1.165) is 12.0 Å². The monoisotopic (exact) mass is 168 g/mol. The molecule has 2 fully saturated rings. The maximum Gasteiger partial charge on any atom is 0.00934 e. The van der Waals surface area contributed by atoms with Crippen LogP contribution in [0.4, 0.5) is 0 Å². The van der Waals surface area contributed by atoms with Crippen LogP contribution in [0.15, 0.2) is 0 Å². The number of rotatable bonds is 3. The SMILES string of the molecule is CN(CC1CCCC1N)C1CC1. The van der Waals surface area contributed by atoms with Crippen LogP contribution in [0.2, 0.25) is 0 Å². The molecule has 2 heteroatoms. The molecule has 2 rings (SSSR count). The highest BCUT2D eigenvalue weighted by Gasteiger charge is 2.31. The molecule has 2 nitrogen and oxygen atoms in total. The summed E-state index contributed by atoms with van der Waals surface area (Å²) in [6.45, 7) is 1.24. The van der Waals surface area contributed by atoms with Gasteiger partial charge in [0.1, 0.15) is 0 Å². The van der Waals surface area contributed by atoms with Crippen LogP contribution in [-0.2, 0) is 0 Å². The second-order valence-corrected chi connectivity index (χ2v) is 4.53. The van der Waals surface area contributed by atoms with Crippen molar-refractivity contribution in [3.8, 4) is 0 Å². The van der Waals surface area contributed by atoms with Crippen LogP contribution in [0.5, 0.6) is 0 Å². The Morgan fingerprint density at radius 2 is 2.00 bits per heavy atom. The molecule has 2 atom stereocenters. The van der Waals surface area contributed by atoms with Crippen LogP contribution in [0.25, 0.3) is 0 Å². The highest BCUT2D eigenvalue weighted by atomic mass is 15.2. The summed E-state index contributed by atoms with van der Waals surface area (Å²) in [5.74, 6) is 0.788. The topological polar surface area (TPSA) is 29.3 Å². The van der Waals surface area contributed by atoms with E-state index in [0.29, 0.717) is 6.04 Å². The van der Waals surface area contributed by atoms with Gasteiger partial charge in [0.15, 0.2) is 0 Å². The minimum atomic E-state index is 0.492. The average molecular weight is 168 g/mol. The molecule has 0 heterocycles. The molecule has 0 saturated heterocycles. The summed E-state index contributed by atoms with van der Waals surface area (Å²) in [6.07, 6.45) is 6.79. The maximum absolute atomic E-state index is 6.02. The summed E-state index contributed by atoms with van der Waals surface area (Å²) in [7, 11) is 2.25. The van der Waals surface area contributed by atoms with Crippen molar-refractivity contribution in [2.45, 2.75) is 44.2 Å². The predicted octanol–water partition coefficient (Wildman–Crippen LogP) is 1.21. The lowest BCUT2D eigenvalue weighted by molar-refractivity contribution is 0.257. The van der Waals surface area contributed by atoms with Crippen molar-refractivity contribution in [3.05, 3.63) is 0 Å². The van der Waals surface area contributed by atoms with Crippen LogP contribution < -0.4 is 5.73 Å². The van der Waals surface area contributed by atoms with Gasteiger partial charge in [-0.25, -0.2) is 0 Å². The van der Waals surface area contributed by atoms with Gasteiger partial charge in [-0.2, -0.15) is 0 Å². The fourth-order valence-corrected chi connectivity index (χ4v) is 2.33. The van der Waals surface area contributed by atoms with Gasteiger partial charge < -0.3 is 10.6 Å². The van der Waals surface area contributed by atoms with Crippen LogP contribution in [0.3, 0.4) is 0 Å². The smallest absolute Gasteiger partial charge is 0.00934 e. The maximum atomic E-state index is 6.02. The predicted molar refractivity (Wildman–Crippen MR) is 51.0 cm³/mol. The van der Waals surface area contributed by atoms with Gasteiger partial charge in [-0.15, -0.1) is 0 Å². The molecule has 2 aliphatic carbocycles. The van der Waals surface area contributed by atoms with Gasteiger partial charge >= 0.3 is 0 Å². The van der Waals surface area contributed by atoms with Crippen molar-refractivity contribution >= 4 is 0 Å². The third-order valence-electron chi connectivity index (χ3n) is 3.41. The average Bonchev–Trinajstić information content (AvgIpc) is 2.80. The second kappa shape index (κ2) is 3.35. The van der Waals surface area contributed by atoms with Gasteiger partial charge in [0.05, 0.1) is 0 Å². The Morgan fingerprint density at radius 1 is 1.25 bits per heavy atom. The van der Waals surface area contributed by atoms with E-state index >= 15 is 0 Å². The zero-order valence-corrected chi connectivity index (χ0v) is 8.00. The van der Waals surface area contributed by atoms with Gasteiger partial charge in [-0.3, -0.25) is 0 Å². The molecule has 0 aromatic carbocycles. The molecule has 0 aliphatic heterocycles. The summed E-state index contributed by atoms with van der Waals surface area (Å²) in [5.41, 5.74) is 6.02. The summed E-state index contributed by atoms with van der Waals surface area (Å²) in [4.78, 5) is 2.51. The fraction of sp³-hybridized carbons (Fsp3) is 1.00. The first kappa shape index (κ1) is 8.52. The Hall–Kier alpha value is -0.0800. The van der Waals surface area contributed by atoms with Gasteiger partial charge in [0.2, 0.25) is 0 Å². The Labute approximate surface area is 75.1 Å². The van der Waals surface area contributed by atoms with Gasteiger partial charge in [-0.1, -0.05) is 6.42 Å². The summed E-state index contributed by atoms with van der Waals surface area (Å²) in [6, 6.07) is 1.39. The Bertz CT molecular complexity index is 154. The zero-order chi connectivity index (χ0) is 8.55. The van der Waals surface area contributed by atoms with Crippen LogP contribution >= 0.6 is 0 Å². The third kappa shape index (κ3) is 1.80. The fourth-order valence-electron chi connectivity index (χ4n) is 2.33. The molecule has 0 bridgehead atoms. The van der Waals surface area contributed by atoms with Gasteiger partial charge in [0, 0.05) is 18.6 Å². The molecular formula is C10H20N2. The normalized spacial score (nSPS) is 36.2. The largest absolute Gasteiger partial charge is 0.327 e. The Kier molecular flexibility index (Phi) is 2.37. The van der Waals surface area contributed by atoms with Crippen molar-refractivity contribution in [1.29, 1.82) is 0 Å². The first-order chi connectivity index (χ1) is 5.77. The highest BCUT2D eigenvalue weighted by Crippen LogP contribution is 2.30. The van der Waals surface area contributed by atoms with Crippen molar-refractivity contribution in [3.63, 3.8) is 0 Å². The minimum absolute atomic E-state index is 0.492. The van der Waals surface area contributed by atoms with E-state index in [4.69, 9.17) is 5.73 Å². The molecule has 0 radical (unpaired) electrons. The molecule has 2 aliphatic rings. The highest BCUT2D eigenvalue weighted by molar-refractivity contribution is 4.87. The molecule has 0 aromatic heterocycles. The summed E-state index contributed by atoms with van der Waals surface area (Å²) >= 11 is 0. The molecule has 70 valence electrons. The van der Waals surface area contributed by atoms with Crippen LogP contribution in [0, 0.1) is 5.92 Å². The standard InChI is InChI=1S/C10H20N2/c1-12(9-5-6-9)7-8-3-2-4-10(8)11/h8-10H,2-7,11H2,1H3.